The molecular weight excluding hydrogens is 302 g/mol. The van der Waals surface area contributed by atoms with E-state index in [1.54, 1.807) is 0 Å². The molecule has 1 N–H and O–H groups in total. The number of nitrogens with zero attached hydrogens (tertiary/aromatic N) is 3. The zero-order valence-corrected chi connectivity index (χ0v) is 13.3. The topological polar surface area (TPSA) is 62.4 Å². The van der Waals surface area contributed by atoms with Crippen molar-refractivity contribution in [3.8, 4) is 11.5 Å². The van der Waals surface area contributed by atoms with E-state index < -0.39 is 0 Å². The summed E-state index contributed by atoms with van der Waals surface area (Å²) in [6, 6.07) is 7.77. The van der Waals surface area contributed by atoms with Gasteiger partial charge in [-0.3, -0.25) is 4.90 Å². The summed E-state index contributed by atoms with van der Waals surface area (Å²) < 4.78 is 5.75. The summed E-state index contributed by atoms with van der Waals surface area (Å²) >= 11 is 5.98. The van der Waals surface area contributed by atoms with Crippen LogP contribution in [0.4, 0.5) is 0 Å². The van der Waals surface area contributed by atoms with Gasteiger partial charge in [0.05, 0.1) is 12.6 Å². The molecule has 1 saturated heterocycles. The number of likely N-dealkylation sites (tertiary alicyclic amines) is 1. The van der Waals surface area contributed by atoms with Gasteiger partial charge in [-0.2, -0.15) is 0 Å². The highest BCUT2D eigenvalue weighted by molar-refractivity contribution is 6.30. The van der Waals surface area contributed by atoms with E-state index in [0.717, 1.165) is 31.4 Å². The molecule has 0 spiro atoms. The summed E-state index contributed by atoms with van der Waals surface area (Å²) in [6.45, 7) is 3.47. The summed E-state index contributed by atoms with van der Waals surface area (Å²) in [5, 5.41) is 18.5. The van der Waals surface area contributed by atoms with Crippen LogP contribution >= 0.6 is 11.6 Å². The Hall–Kier alpha value is -1.43. The molecule has 0 aliphatic carbocycles. The average molecular weight is 322 g/mol. The fourth-order valence-corrected chi connectivity index (χ4v) is 3.18. The van der Waals surface area contributed by atoms with Gasteiger partial charge in [-0.1, -0.05) is 17.7 Å². The molecule has 118 valence electrons. The van der Waals surface area contributed by atoms with Crippen LogP contribution in [-0.4, -0.2) is 38.9 Å². The lowest BCUT2D eigenvalue weighted by molar-refractivity contribution is 0.126. The van der Waals surface area contributed by atoms with Gasteiger partial charge in [0.25, 0.3) is 0 Å². The molecular formula is C16H20ClN3O2. The SMILES string of the molecule is CC(O)CC1CCCN1Cc1nnc(-c2cccc(Cl)c2)o1. The van der Waals surface area contributed by atoms with Crippen molar-refractivity contribution in [3.05, 3.63) is 35.2 Å². The lowest BCUT2D eigenvalue weighted by Gasteiger charge is -2.23. The number of aromatic nitrogens is 2. The van der Waals surface area contributed by atoms with Crippen LogP contribution < -0.4 is 0 Å². The summed E-state index contributed by atoms with van der Waals surface area (Å²) in [5.74, 6) is 1.09. The van der Waals surface area contributed by atoms with E-state index in [1.165, 1.54) is 0 Å². The Kier molecular flexibility index (Phi) is 4.76. The number of hydrogen-bond donors (Lipinski definition) is 1. The van der Waals surface area contributed by atoms with Crippen molar-refractivity contribution in [3.63, 3.8) is 0 Å². The van der Waals surface area contributed by atoms with Crippen LogP contribution in [0.15, 0.2) is 28.7 Å². The third kappa shape index (κ3) is 3.66. The first-order valence-corrected chi connectivity index (χ1v) is 8.00. The maximum absolute atomic E-state index is 9.58. The molecule has 0 radical (unpaired) electrons. The Labute approximate surface area is 134 Å². The molecule has 2 heterocycles. The molecule has 0 amide bonds. The Morgan fingerprint density at radius 2 is 2.32 bits per heavy atom. The van der Waals surface area contributed by atoms with Gasteiger partial charge < -0.3 is 9.52 Å². The standard InChI is InChI=1S/C16H20ClN3O2/c1-11(21)8-14-6-3-7-20(14)10-15-18-19-16(22-15)12-4-2-5-13(17)9-12/h2,4-5,9,11,14,21H,3,6-8,10H2,1H3. The Morgan fingerprint density at radius 3 is 3.09 bits per heavy atom. The summed E-state index contributed by atoms with van der Waals surface area (Å²) in [7, 11) is 0. The highest BCUT2D eigenvalue weighted by atomic mass is 35.5. The van der Waals surface area contributed by atoms with E-state index in [0.29, 0.717) is 29.4 Å². The second-order valence-corrected chi connectivity index (χ2v) is 6.30. The number of aliphatic hydroxyl groups is 1. The minimum Gasteiger partial charge on any atom is -0.419 e. The molecule has 1 aromatic heterocycles. The highest BCUT2D eigenvalue weighted by Gasteiger charge is 2.27. The van der Waals surface area contributed by atoms with Crippen LogP contribution in [-0.2, 0) is 6.54 Å². The predicted octanol–water partition coefficient (Wildman–Crippen LogP) is 3.13. The number of hydrogen-bond acceptors (Lipinski definition) is 5. The third-order valence-electron chi connectivity index (χ3n) is 3.99. The predicted molar refractivity (Wildman–Crippen MR) is 84.5 cm³/mol. The number of halogens is 1. The molecule has 2 aromatic rings. The first-order valence-electron chi connectivity index (χ1n) is 7.62. The van der Waals surface area contributed by atoms with Crippen LogP contribution in [0.1, 0.15) is 32.1 Å². The van der Waals surface area contributed by atoms with Crippen molar-refractivity contribution in [2.75, 3.05) is 6.54 Å². The lowest BCUT2D eigenvalue weighted by atomic mass is 10.1. The molecule has 1 aromatic carbocycles. The van der Waals surface area contributed by atoms with Gasteiger partial charge in [0.15, 0.2) is 0 Å². The van der Waals surface area contributed by atoms with Crippen molar-refractivity contribution >= 4 is 11.6 Å². The Bertz CT molecular complexity index is 629. The molecule has 6 heteroatoms. The quantitative estimate of drug-likeness (QED) is 0.916. The fourth-order valence-electron chi connectivity index (χ4n) is 2.99. The molecule has 5 nitrogen and oxygen atoms in total. The monoisotopic (exact) mass is 321 g/mol. The van der Waals surface area contributed by atoms with Crippen LogP contribution in [0, 0.1) is 0 Å². The van der Waals surface area contributed by atoms with E-state index in [9.17, 15) is 5.11 Å². The highest BCUT2D eigenvalue weighted by Crippen LogP contribution is 2.25. The molecule has 2 unspecified atom stereocenters. The first kappa shape index (κ1) is 15.5. The minimum absolute atomic E-state index is 0.282. The van der Waals surface area contributed by atoms with Gasteiger partial charge in [-0.15, -0.1) is 10.2 Å². The van der Waals surface area contributed by atoms with E-state index in [-0.39, 0.29) is 6.10 Å². The van der Waals surface area contributed by atoms with Crippen molar-refractivity contribution in [2.24, 2.45) is 0 Å². The lowest BCUT2D eigenvalue weighted by Crippen LogP contribution is -2.31. The molecule has 1 fully saturated rings. The largest absolute Gasteiger partial charge is 0.419 e. The van der Waals surface area contributed by atoms with Gasteiger partial charge in [0, 0.05) is 16.6 Å². The minimum atomic E-state index is -0.282. The van der Waals surface area contributed by atoms with Gasteiger partial charge >= 0.3 is 0 Å². The molecule has 3 rings (SSSR count). The summed E-state index contributed by atoms with van der Waals surface area (Å²) in [6.07, 6.45) is 2.76. The van der Waals surface area contributed by atoms with Gasteiger partial charge in [-0.25, -0.2) is 0 Å². The van der Waals surface area contributed by atoms with Gasteiger partial charge in [0.2, 0.25) is 11.8 Å². The molecule has 0 bridgehead atoms. The van der Waals surface area contributed by atoms with Crippen molar-refractivity contribution in [2.45, 2.75) is 44.9 Å². The normalized spacial score (nSPS) is 20.4. The molecule has 2 atom stereocenters. The molecule has 1 aliphatic heterocycles. The van der Waals surface area contributed by atoms with Crippen LogP contribution in [0.3, 0.4) is 0 Å². The number of benzene rings is 1. The van der Waals surface area contributed by atoms with Gasteiger partial charge in [-0.05, 0) is 50.9 Å². The maximum atomic E-state index is 9.58. The summed E-state index contributed by atoms with van der Waals surface area (Å²) in [4.78, 5) is 2.31. The summed E-state index contributed by atoms with van der Waals surface area (Å²) in [5.41, 5.74) is 0.827. The van der Waals surface area contributed by atoms with E-state index in [1.807, 2.05) is 31.2 Å². The van der Waals surface area contributed by atoms with Crippen molar-refractivity contribution in [1.82, 2.24) is 15.1 Å². The Morgan fingerprint density at radius 1 is 1.45 bits per heavy atom. The molecule has 0 saturated carbocycles. The second-order valence-electron chi connectivity index (χ2n) is 5.86. The average Bonchev–Trinajstić information content (AvgIpc) is 3.09. The van der Waals surface area contributed by atoms with Crippen molar-refractivity contribution in [1.29, 1.82) is 0 Å². The van der Waals surface area contributed by atoms with E-state index in [4.69, 9.17) is 16.0 Å². The van der Waals surface area contributed by atoms with E-state index >= 15 is 0 Å². The first-order chi connectivity index (χ1) is 10.6. The zero-order valence-electron chi connectivity index (χ0n) is 12.6. The number of rotatable bonds is 5. The zero-order chi connectivity index (χ0) is 15.5. The van der Waals surface area contributed by atoms with Crippen LogP contribution in [0.25, 0.3) is 11.5 Å². The smallest absolute Gasteiger partial charge is 0.247 e. The fraction of sp³-hybridized carbons (Fsp3) is 0.500. The molecule has 1 aliphatic rings. The van der Waals surface area contributed by atoms with Crippen LogP contribution in [0.2, 0.25) is 5.02 Å². The van der Waals surface area contributed by atoms with Crippen molar-refractivity contribution < 1.29 is 9.52 Å². The number of aliphatic hydroxyl groups excluding tert-OH is 1. The second kappa shape index (κ2) is 6.77. The third-order valence-corrected chi connectivity index (χ3v) is 4.22. The Balaban J connectivity index is 1.69. The van der Waals surface area contributed by atoms with Crippen LogP contribution in [0.5, 0.6) is 0 Å². The van der Waals surface area contributed by atoms with Gasteiger partial charge in [0.1, 0.15) is 0 Å². The molecule has 22 heavy (non-hydrogen) atoms. The maximum Gasteiger partial charge on any atom is 0.247 e. The van der Waals surface area contributed by atoms with E-state index in [2.05, 4.69) is 15.1 Å².